The number of pyridine rings is 1. The minimum absolute atomic E-state index is 0.0600. The van der Waals surface area contributed by atoms with Gasteiger partial charge in [0.05, 0.1) is 5.56 Å². The van der Waals surface area contributed by atoms with Crippen molar-refractivity contribution in [1.29, 1.82) is 0 Å². The first-order valence-corrected chi connectivity index (χ1v) is 12.1. The number of rotatable bonds is 4. The summed E-state index contributed by atoms with van der Waals surface area (Å²) in [5, 5.41) is 4.52. The fourth-order valence-electron chi connectivity index (χ4n) is 4.60. The number of fused-ring (bicyclic) bond motifs is 1. The van der Waals surface area contributed by atoms with Crippen molar-refractivity contribution < 1.29 is 4.79 Å². The Morgan fingerprint density at radius 1 is 1.15 bits per heavy atom. The van der Waals surface area contributed by atoms with Crippen LogP contribution in [0.25, 0.3) is 0 Å². The minimum Gasteiger partial charge on any atom is -0.343 e. The Bertz CT molecular complexity index is 1330. The first-order chi connectivity index (χ1) is 15.8. The molecule has 2 aromatic heterocycles. The van der Waals surface area contributed by atoms with Crippen LogP contribution in [0.4, 0.5) is 5.82 Å². The first-order valence-electron chi connectivity index (χ1n) is 10.8. The lowest BCUT2D eigenvalue weighted by atomic mass is 9.69. The van der Waals surface area contributed by atoms with E-state index in [9.17, 15) is 9.59 Å². The monoisotopic (exact) mass is 478 g/mol. The van der Waals surface area contributed by atoms with Crippen molar-refractivity contribution >= 4 is 35.0 Å². The standard InChI is InChI=1S/C25H23ClN4O2S/c1-25(2)10-17-20(18(31)11-25)19(14-7-5-9-27-12-14)21-22(28-17)29-24(30-23(21)32)33-13-15-6-3-4-8-16(15)26/h3-9,12,19H,10-11,13H2,1-2H3,(H2,28,29,30,32). The van der Waals surface area contributed by atoms with Crippen molar-refractivity contribution in [2.24, 2.45) is 5.41 Å². The van der Waals surface area contributed by atoms with Crippen molar-refractivity contribution in [3.05, 3.63) is 92.1 Å². The Morgan fingerprint density at radius 2 is 1.97 bits per heavy atom. The number of carbonyl (C=O) groups excluding carboxylic acids is 1. The van der Waals surface area contributed by atoms with Crippen molar-refractivity contribution in [2.75, 3.05) is 5.32 Å². The fraction of sp³-hybridized carbons (Fsp3) is 0.280. The van der Waals surface area contributed by atoms with Crippen molar-refractivity contribution in [3.63, 3.8) is 0 Å². The summed E-state index contributed by atoms with van der Waals surface area (Å²) in [6, 6.07) is 11.3. The van der Waals surface area contributed by atoms with Gasteiger partial charge in [0.25, 0.3) is 5.56 Å². The fourth-order valence-corrected chi connectivity index (χ4v) is 5.75. The Labute approximate surface area is 200 Å². The number of aromatic amines is 1. The Balaban J connectivity index is 1.58. The normalized spacial score (nSPS) is 19.0. The molecule has 0 bridgehead atoms. The molecule has 1 aliphatic carbocycles. The summed E-state index contributed by atoms with van der Waals surface area (Å²) in [6.07, 6.45) is 4.55. The number of aromatic nitrogens is 3. The van der Waals surface area contributed by atoms with Gasteiger partial charge in [-0.3, -0.25) is 14.6 Å². The molecule has 0 amide bonds. The second kappa shape index (κ2) is 8.47. The van der Waals surface area contributed by atoms with Gasteiger partial charge in [0, 0.05) is 46.8 Å². The third-order valence-electron chi connectivity index (χ3n) is 6.04. The SMILES string of the molecule is CC1(C)CC(=O)C2=C(C1)Nc1nc(SCc3ccccc3Cl)[nH]c(=O)c1C2c1cccnc1. The number of thioether (sulfide) groups is 1. The molecular formula is C25H23ClN4O2S. The van der Waals surface area contributed by atoms with Gasteiger partial charge in [-0.05, 0) is 35.1 Å². The van der Waals surface area contributed by atoms with Crippen LogP contribution < -0.4 is 10.9 Å². The summed E-state index contributed by atoms with van der Waals surface area (Å²) in [7, 11) is 0. The number of Topliss-reactive ketones (excluding diaryl/α,β-unsaturated/α-hetero) is 1. The quantitative estimate of drug-likeness (QED) is 0.390. The summed E-state index contributed by atoms with van der Waals surface area (Å²) in [5.74, 6) is 0.642. The molecule has 2 N–H and O–H groups in total. The van der Waals surface area contributed by atoms with Gasteiger partial charge in [0.15, 0.2) is 10.9 Å². The topological polar surface area (TPSA) is 87.7 Å². The highest BCUT2D eigenvalue weighted by Gasteiger charge is 2.42. The van der Waals surface area contributed by atoms with Gasteiger partial charge in [-0.25, -0.2) is 4.98 Å². The van der Waals surface area contributed by atoms with Gasteiger partial charge < -0.3 is 10.3 Å². The molecule has 3 heterocycles. The summed E-state index contributed by atoms with van der Waals surface area (Å²) in [6.45, 7) is 4.17. The molecule has 1 atom stereocenters. The number of anilines is 1. The van der Waals surface area contributed by atoms with Crippen molar-refractivity contribution in [3.8, 4) is 0 Å². The molecule has 8 heteroatoms. The number of halogens is 1. The summed E-state index contributed by atoms with van der Waals surface area (Å²) in [5.41, 5.74) is 3.31. The number of carbonyl (C=O) groups is 1. The Kier molecular flexibility index (Phi) is 5.62. The second-order valence-corrected chi connectivity index (χ2v) is 10.6. The van der Waals surface area contributed by atoms with Crippen LogP contribution in [0.5, 0.6) is 0 Å². The highest BCUT2D eigenvalue weighted by Crippen LogP contribution is 2.47. The van der Waals surface area contributed by atoms with E-state index in [4.69, 9.17) is 16.6 Å². The lowest BCUT2D eigenvalue weighted by Crippen LogP contribution is -2.37. The zero-order valence-corrected chi connectivity index (χ0v) is 19.9. The number of hydrogen-bond acceptors (Lipinski definition) is 6. The van der Waals surface area contributed by atoms with Gasteiger partial charge in [0.1, 0.15) is 5.82 Å². The van der Waals surface area contributed by atoms with Crippen LogP contribution in [0.3, 0.4) is 0 Å². The number of hydrogen-bond donors (Lipinski definition) is 2. The van der Waals surface area contributed by atoms with E-state index < -0.39 is 5.92 Å². The van der Waals surface area contributed by atoms with Crippen molar-refractivity contribution in [1.82, 2.24) is 15.0 Å². The molecule has 0 radical (unpaired) electrons. The number of benzene rings is 1. The van der Waals surface area contributed by atoms with Crippen LogP contribution >= 0.6 is 23.4 Å². The summed E-state index contributed by atoms with van der Waals surface area (Å²) in [4.78, 5) is 38.5. The molecule has 0 saturated heterocycles. The van der Waals surface area contributed by atoms with Gasteiger partial charge >= 0.3 is 0 Å². The minimum atomic E-state index is -0.493. The van der Waals surface area contributed by atoms with Crippen LogP contribution in [-0.4, -0.2) is 20.7 Å². The zero-order chi connectivity index (χ0) is 23.2. The number of ketones is 1. The predicted molar refractivity (Wildman–Crippen MR) is 131 cm³/mol. The van der Waals surface area contributed by atoms with E-state index in [2.05, 4.69) is 29.1 Å². The molecule has 0 spiro atoms. The molecule has 6 nitrogen and oxygen atoms in total. The predicted octanol–water partition coefficient (Wildman–Crippen LogP) is 5.31. The largest absolute Gasteiger partial charge is 0.343 e. The lowest BCUT2D eigenvalue weighted by molar-refractivity contribution is -0.118. The molecule has 3 aromatic rings. The average Bonchev–Trinajstić information content (AvgIpc) is 2.77. The number of H-pyrrole nitrogens is 1. The summed E-state index contributed by atoms with van der Waals surface area (Å²) >= 11 is 7.69. The van der Waals surface area contributed by atoms with E-state index >= 15 is 0 Å². The number of allylic oxidation sites excluding steroid dienone is 2. The van der Waals surface area contributed by atoms with E-state index in [1.54, 1.807) is 12.4 Å². The van der Waals surface area contributed by atoms with Crippen LogP contribution in [0.1, 0.15) is 49.3 Å². The highest BCUT2D eigenvalue weighted by molar-refractivity contribution is 7.98. The molecule has 1 aromatic carbocycles. The van der Waals surface area contributed by atoms with E-state index in [1.165, 1.54) is 11.8 Å². The van der Waals surface area contributed by atoms with Crippen molar-refractivity contribution in [2.45, 2.75) is 43.5 Å². The molecule has 1 aliphatic heterocycles. The number of nitrogens with one attached hydrogen (secondary N) is 2. The third-order valence-corrected chi connectivity index (χ3v) is 7.33. The van der Waals surface area contributed by atoms with Crippen LogP contribution in [0.15, 0.2) is 70.0 Å². The maximum Gasteiger partial charge on any atom is 0.257 e. The first kappa shape index (κ1) is 21.9. The van der Waals surface area contributed by atoms with E-state index in [-0.39, 0.29) is 16.8 Å². The maximum atomic E-state index is 13.3. The lowest BCUT2D eigenvalue weighted by Gasteiger charge is -2.38. The molecule has 0 saturated carbocycles. The van der Waals surface area contributed by atoms with E-state index in [1.807, 2.05) is 36.4 Å². The molecule has 5 rings (SSSR count). The molecule has 1 unspecified atom stereocenters. The summed E-state index contributed by atoms with van der Waals surface area (Å²) < 4.78 is 0. The van der Waals surface area contributed by atoms with Crippen LogP contribution in [0, 0.1) is 5.41 Å². The highest BCUT2D eigenvalue weighted by atomic mass is 35.5. The second-order valence-electron chi connectivity index (χ2n) is 9.19. The smallest absolute Gasteiger partial charge is 0.257 e. The molecule has 168 valence electrons. The molecule has 2 aliphatic rings. The van der Waals surface area contributed by atoms with Gasteiger partial charge in [-0.15, -0.1) is 0 Å². The zero-order valence-electron chi connectivity index (χ0n) is 18.3. The van der Waals surface area contributed by atoms with Crippen LogP contribution in [0.2, 0.25) is 5.02 Å². The van der Waals surface area contributed by atoms with Gasteiger partial charge in [0.2, 0.25) is 0 Å². The van der Waals surface area contributed by atoms with E-state index in [0.717, 1.165) is 16.8 Å². The maximum absolute atomic E-state index is 13.3. The molecule has 33 heavy (non-hydrogen) atoms. The van der Waals surface area contributed by atoms with Gasteiger partial charge in [-0.1, -0.05) is 61.5 Å². The average molecular weight is 479 g/mol. The molecule has 0 fully saturated rings. The Morgan fingerprint density at radius 3 is 2.73 bits per heavy atom. The third kappa shape index (κ3) is 4.23. The van der Waals surface area contributed by atoms with E-state index in [0.29, 0.717) is 45.7 Å². The van der Waals surface area contributed by atoms with Crippen LogP contribution in [-0.2, 0) is 10.5 Å². The Hall–Kier alpha value is -2.90. The number of nitrogens with zero attached hydrogens (tertiary/aromatic N) is 2. The molecular weight excluding hydrogens is 456 g/mol. The van der Waals surface area contributed by atoms with Gasteiger partial charge in [-0.2, -0.15) is 0 Å².